The molecule has 3 aromatic rings. The number of rotatable bonds is 5. The lowest BCUT2D eigenvalue weighted by Gasteiger charge is -2.07. The maximum Gasteiger partial charge on any atom is 0.263 e. The van der Waals surface area contributed by atoms with Crippen LogP contribution in [0.25, 0.3) is 11.3 Å². The van der Waals surface area contributed by atoms with E-state index in [-0.39, 0.29) is 18.3 Å². The number of halogens is 1. The van der Waals surface area contributed by atoms with Gasteiger partial charge < -0.3 is 10.1 Å². The van der Waals surface area contributed by atoms with Gasteiger partial charge >= 0.3 is 0 Å². The molecule has 0 fully saturated rings. The third-order valence-corrected chi connectivity index (χ3v) is 3.96. The van der Waals surface area contributed by atoms with E-state index >= 15 is 0 Å². The topological polar surface area (TPSA) is 77.3 Å². The lowest BCUT2D eigenvalue weighted by molar-refractivity contribution is -0.118. The second-order valence-corrected chi connectivity index (χ2v) is 5.99. The van der Waals surface area contributed by atoms with Gasteiger partial charge in [0.25, 0.3) is 5.91 Å². The van der Waals surface area contributed by atoms with Crippen LogP contribution in [-0.4, -0.2) is 22.8 Å². The van der Waals surface area contributed by atoms with E-state index in [0.717, 1.165) is 11.1 Å². The van der Waals surface area contributed by atoms with Crippen molar-refractivity contribution >= 4 is 23.3 Å². The molecular weight excluding hydrogens is 342 g/mol. The summed E-state index contributed by atoms with van der Waals surface area (Å²) in [7, 11) is 0. The van der Waals surface area contributed by atoms with Gasteiger partial charge in [0, 0.05) is 10.6 Å². The Balaban J connectivity index is 1.67. The molecule has 2 aromatic carbocycles. The number of amides is 1. The highest BCUT2D eigenvalue weighted by molar-refractivity contribution is 6.30. The zero-order valence-electron chi connectivity index (χ0n) is 13.7. The summed E-state index contributed by atoms with van der Waals surface area (Å²) in [6, 6.07) is 12.6. The first kappa shape index (κ1) is 17.0. The summed E-state index contributed by atoms with van der Waals surface area (Å²) in [5.74, 6) is 0.441. The standard InChI is InChI=1S/C18H16ClN3O3/c1-11-3-4-13(9-12(11)2)17-18(22-25-21-17)20-16(23)10-24-15-7-5-14(19)6-8-15/h3-9H,10H2,1-2H3,(H,20,22,23). The Morgan fingerprint density at radius 1 is 1.12 bits per heavy atom. The second-order valence-electron chi connectivity index (χ2n) is 5.55. The van der Waals surface area contributed by atoms with Gasteiger partial charge in [-0.2, -0.15) is 0 Å². The first-order valence-corrected chi connectivity index (χ1v) is 7.99. The van der Waals surface area contributed by atoms with Gasteiger partial charge in [-0.25, -0.2) is 4.63 Å². The highest BCUT2D eigenvalue weighted by Crippen LogP contribution is 2.26. The highest BCUT2D eigenvalue weighted by Gasteiger charge is 2.16. The minimum atomic E-state index is -0.365. The molecule has 0 bridgehead atoms. The lowest BCUT2D eigenvalue weighted by atomic mass is 10.0. The number of carbonyl (C=O) groups excluding carboxylic acids is 1. The van der Waals surface area contributed by atoms with E-state index in [1.807, 2.05) is 32.0 Å². The zero-order valence-corrected chi connectivity index (χ0v) is 14.5. The van der Waals surface area contributed by atoms with Gasteiger partial charge in [0.2, 0.25) is 5.82 Å². The Hall–Kier alpha value is -2.86. The van der Waals surface area contributed by atoms with Crippen LogP contribution in [-0.2, 0) is 4.79 Å². The molecule has 1 heterocycles. The minimum Gasteiger partial charge on any atom is -0.484 e. The number of nitrogens with one attached hydrogen (secondary N) is 1. The van der Waals surface area contributed by atoms with Crippen molar-refractivity contribution in [2.75, 3.05) is 11.9 Å². The molecule has 0 aliphatic rings. The average molecular weight is 358 g/mol. The summed E-state index contributed by atoms with van der Waals surface area (Å²) in [5, 5.41) is 10.9. The van der Waals surface area contributed by atoms with Crippen LogP contribution in [0.5, 0.6) is 5.75 Å². The average Bonchev–Trinajstić information content (AvgIpc) is 3.05. The molecule has 1 N–H and O–H groups in total. The maximum absolute atomic E-state index is 12.1. The van der Waals surface area contributed by atoms with Crippen molar-refractivity contribution < 1.29 is 14.2 Å². The van der Waals surface area contributed by atoms with Crippen LogP contribution < -0.4 is 10.1 Å². The fraction of sp³-hybridized carbons (Fsp3) is 0.167. The number of benzene rings is 2. The Morgan fingerprint density at radius 2 is 1.88 bits per heavy atom. The Morgan fingerprint density at radius 3 is 2.60 bits per heavy atom. The fourth-order valence-corrected chi connectivity index (χ4v) is 2.32. The molecule has 0 radical (unpaired) electrons. The molecule has 1 amide bonds. The normalized spacial score (nSPS) is 10.5. The van der Waals surface area contributed by atoms with E-state index in [1.165, 1.54) is 5.56 Å². The van der Waals surface area contributed by atoms with E-state index in [0.29, 0.717) is 16.5 Å². The van der Waals surface area contributed by atoms with Crippen molar-refractivity contribution in [2.45, 2.75) is 13.8 Å². The van der Waals surface area contributed by atoms with Crippen LogP contribution in [0.1, 0.15) is 11.1 Å². The Labute approximate surface area is 149 Å². The molecule has 0 spiro atoms. The van der Waals surface area contributed by atoms with E-state index in [9.17, 15) is 4.79 Å². The summed E-state index contributed by atoms with van der Waals surface area (Å²) in [5.41, 5.74) is 3.58. The molecule has 0 saturated carbocycles. The van der Waals surface area contributed by atoms with Crippen molar-refractivity contribution in [3.63, 3.8) is 0 Å². The molecule has 0 saturated heterocycles. The summed E-state index contributed by atoms with van der Waals surface area (Å²) in [4.78, 5) is 12.1. The monoisotopic (exact) mass is 357 g/mol. The van der Waals surface area contributed by atoms with Gasteiger partial charge in [0.1, 0.15) is 5.75 Å². The number of hydrogen-bond donors (Lipinski definition) is 1. The van der Waals surface area contributed by atoms with Gasteiger partial charge in [-0.1, -0.05) is 23.7 Å². The number of nitrogens with zero attached hydrogens (tertiary/aromatic N) is 2. The van der Waals surface area contributed by atoms with Crippen LogP contribution in [0, 0.1) is 13.8 Å². The fourth-order valence-electron chi connectivity index (χ4n) is 2.20. The third kappa shape index (κ3) is 4.16. The molecule has 128 valence electrons. The molecule has 1 aromatic heterocycles. The number of hydrogen-bond acceptors (Lipinski definition) is 5. The van der Waals surface area contributed by atoms with Crippen LogP contribution in [0.2, 0.25) is 5.02 Å². The summed E-state index contributed by atoms with van der Waals surface area (Å²) in [6.07, 6.45) is 0. The molecule has 7 heteroatoms. The third-order valence-electron chi connectivity index (χ3n) is 3.71. The van der Waals surface area contributed by atoms with Crippen LogP contribution in [0.15, 0.2) is 47.1 Å². The highest BCUT2D eigenvalue weighted by atomic mass is 35.5. The van der Waals surface area contributed by atoms with E-state index in [4.69, 9.17) is 21.0 Å². The van der Waals surface area contributed by atoms with Crippen LogP contribution in [0.3, 0.4) is 0 Å². The Bertz CT molecular complexity index is 891. The summed E-state index contributed by atoms with van der Waals surface area (Å²) < 4.78 is 10.2. The molecule has 6 nitrogen and oxygen atoms in total. The van der Waals surface area contributed by atoms with Crippen molar-refractivity contribution in [3.8, 4) is 17.0 Å². The minimum absolute atomic E-state index is 0.166. The lowest BCUT2D eigenvalue weighted by Crippen LogP contribution is -2.20. The van der Waals surface area contributed by atoms with Gasteiger partial charge in [-0.3, -0.25) is 4.79 Å². The van der Waals surface area contributed by atoms with Crippen LogP contribution in [0.4, 0.5) is 5.82 Å². The molecule has 3 rings (SSSR count). The van der Waals surface area contributed by atoms with Gasteiger partial charge in [-0.15, -0.1) is 0 Å². The molecular formula is C18H16ClN3O3. The largest absolute Gasteiger partial charge is 0.484 e. The number of ether oxygens (including phenoxy) is 1. The summed E-state index contributed by atoms with van der Waals surface area (Å²) >= 11 is 5.81. The molecule has 0 aliphatic carbocycles. The molecule has 25 heavy (non-hydrogen) atoms. The number of anilines is 1. The molecule has 0 unspecified atom stereocenters. The predicted octanol–water partition coefficient (Wildman–Crippen LogP) is 4.02. The van der Waals surface area contributed by atoms with Crippen molar-refractivity contribution in [1.82, 2.24) is 10.3 Å². The van der Waals surface area contributed by atoms with E-state index in [2.05, 4.69) is 15.6 Å². The van der Waals surface area contributed by atoms with Crippen molar-refractivity contribution in [1.29, 1.82) is 0 Å². The van der Waals surface area contributed by atoms with Crippen molar-refractivity contribution in [2.24, 2.45) is 0 Å². The van der Waals surface area contributed by atoms with Crippen molar-refractivity contribution in [3.05, 3.63) is 58.6 Å². The van der Waals surface area contributed by atoms with Crippen LogP contribution >= 0.6 is 11.6 Å². The van der Waals surface area contributed by atoms with Gasteiger partial charge in [0.05, 0.1) is 0 Å². The van der Waals surface area contributed by atoms with E-state index in [1.54, 1.807) is 24.3 Å². The number of aryl methyl sites for hydroxylation is 2. The number of aromatic nitrogens is 2. The zero-order chi connectivity index (χ0) is 17.8. The quantitative estimate of drug-likeness (QED) is 0.746. The van der Waals surface area contributed by atoms with Gasteiger partial charge in [-0.05, 0) is 65.6 Å². The molecule has 0 atom stereocenters. The smallest absolute Gasteiger partial charge is 0.263 e. The predicted molar refractivity (Wildman–Crippen MR) is 94.8 cm³/mol. The second kappa shape index (κ2) is 7.36. The summed E-state index contributed by atoms with van der Waals surface area (Å²) in [6.45, 7) is 3.86. The SMILES string of the molecule is Cc1ccc(-c2nonc2NC(=O)COc2ccc(Cl)cc2)cc1C. The Kier molecular flexibility index (Phi) is 5.00. The first-order chi connectivity index (χ1) is 12.0. The van der Waals surface area contributed by atoms with E-state index < -0.39 is 0 Å². The van der Waals surface area contributed by atoms with Gasteiger partial charge in [0.15, 0.2) is 12.3 Å². The maximum atomic E-state index is 12.1. The molecule has 0 aliphatic heterocycles. The first-order valence-electron chi connectivity index (χ1n) is 7.61. The number of carbonyl (C=O) groups is 1.